The Balaban J connectivity index is 0.000000281. The summed E-state index contributed by atoms with van der Waals surface area (Å²) >= 11 is 1.47. The Morgan fingerprint density at radius 2 is 1.12 bits per heavy atom. The van der Waals surface area contributed by atoms with Gasteiger partial charge in [-0.15, -0.1) is 11.1 Å². The van der Waals surface area contributed by atoms with E-state index in [2.05, 4.69) is 154 Å². The van der Waals surface area contributed by atoms with E-state index < -0.39 is 0 Å². The summed E-state index contributed by atoms with van der Waals surface area (Å²) in [6.07, 6.45) is 1.03. The summed E-state index contributed by atoms with van der Waals surface area (Å²) in [5.74, 6) is 1.20. The molecule has 0 fully saturated rings. The predicted molar refractivity (Wildman–Crippen MR) is 197 cm³/mol. The van der Waals surface area contributed by atoms with Crippen molar-refractivity contribution in [3.8, 4) is 11.1 Å². The molecule has 0 N–H and O–H groups in total. The zero-order valence-corrected chi connectivity index (χ0v) is 34.5. The van der Waals surface area contributed by atoms with E-state index in [0.717, 1.165) is 6.42 Å². The van der Waals surface area contributed by atoms with Gasteiger partial charge in [-0.2, -0.15) is 42.0 Å². The van der Waals surface area contributed by atoms with Crippen molar-refractivity contribution >= 4 is 3.21 Å². The van der Waals surface area contributed by atoms with Crippen LogP contribution >= 0.6 is 0 Å². The Hall–Kier alpha value is -2.44. The van der Waals surface area contributed by atoms with Crippen LogP contribution < -0.4 is 24.8 Å². The summed E-state index contributed by atoms with van der Waals surface area (Å²) < 4.78 is 1.43. The Bertz CT molecular complexity index is 1580. The summed E-state index contributed by atoms with van der Waals surface area (Å²) in [6, 6.07) is 43.2. The summed E-state index contributed by atoms with van der Waals surface area (Å²) in [4.78, 5) is 0. The van der Waals surface area contributed by atoms with Crippen molar-refractivity contribution in [2.45, 2.75) is 98.3 Å². The largest absolute Gasteiger partial charge is 1.00 e. The SMILES string of the molecule is CC(C)(C)c1[c-]c2c(cc1)-c1ccc(C(C)(C)C)cc1C2.CC(C)c1ccc([C](=[Zr+2])c2ccc(C(C)C)cc2)cc1.[Cl-].[Cl-].c1cc[cH-]c1. The summed E-state index contributed by atoms with van der Waals surface area (Å²) in [7, 11) is 0. The molecule has 0 heterocycles. The van der Waals surface area contributed by atoms with Crippen molar-refractivity contribution in [2.24, 2.45) is 0 Å². The van der Waals surface area contributed by atoms with Crippen LogP contribution in [-0.4, -0.2) is 3.21 Å². The zero-order valence-electron chi connectivity index (χ0n) is 30.5. The van der Waals surface area contributed by atoms with Crippen LogP contribution in [0.3, 0.4) is 0 Å². The van der Waals surface area contributed by atoms with E-state index in [-0.39, 0.29) is 35.6 Å². The van der Waals surface area contributed by atoms with Crippen LogP contribution in [0.2, 0.25) is 0 Å². The first-order chi connectivity index (χ1) is 21.6. The second-order valence-electron chi connectivity index (χ2n) is 15.2. The molecule has 5 aromatic rings. The van der Waals surface area contributed by atoms with Crippen LogP contribution in [0.5, 0.6) is 0 Å². The molecule has 5 aromatic carbocycles. The van der Waals surface area contributed by atoms with Gasteiger partial charge in [0.05, 0.1) is 0 Å². The van der Waals surface area contributed by atoms with Crippen LogP contribution in [0, 0.1) is 6.07 Å². The van der Waals surface area contributed by atoms with Gasteiger partial charge in [0.15, 0.2) is 0 Å². The van der Waals surface area contributed by atoms with Gasteiger partial charge in [-0.05, 0) is 28.4 Å². The molecule has 0 atom stereocenters. The Morgan fingerprint density at radius 1 is 0.646 bits per heavy atom. The van der Waals surface area contributed by atoms with Crippen molar-refractivity contribution in [3.05, 3.63) is 160 Å². The van der Waals surface area contributed by atoms with Gasteiger partial charge in [-0.3, -0.25) is 0 Å². The number of halogens is 2. The van der Waals surface area contributed by atoms with Gasteiger partial charge in [0.25, 0.3) is 0 Å². The monoisotopic (exact) mass is 752 g/mol. The molecule has 0 radical (unpaired) electrons. The van der Waals surface area contributed by atoms with Gasteiger partial charge in [-0.25, -0.2) is 12.1 Å². The van der Waals surface area contributed by atoms with Gasteiger partial charge in [-0.1, -0.05) is 65.3 Å². The fourth-order valence-electron chi connectivity index (χ4n) is 5.58. The summed E-state index contributed by atoms with van der Waals surface area (Å²) in [5.41, 5.74) is 14.2. The molecule has 0 spiro atoms. The molecule has 0 nitrogen and oxygen atoms in total. The second-order valence-corrected chi connectivity index (χ2v) is 16.4. The predicted octanol–water partition coefficient (Wildman–Crippen LogP) is 6.12. The third-order valence-corrected chi connectivity index (χ3v) is 10.2. The van der Waals surface area contributed by atoms with Gasteiger partial charge in [0.2, 0.25) is 0 Å². The van der Waals surface area contributed by atoms with Crippen molar-refractivity contribution < 1.29 is 49.0 Å². The van der Waals surface area contributed by atoms with E-state index in [1.807, 2.05) is 30.3 Å². The molecule has 6 rings (SSSR count). The summed E-state index contributed by atoms with van der Waals surface area (Å²) in [6.45, 7) is 22.6. The third-order valence-electron chi connectivity index (χ3n) is 8.75. The van der Waals surface area contributed by atoms with Gasteiger partial charge in [0.1, 0.15) is 0 Å². The molecule has 0 amide bonds. The standard InChI is InChI=1S/C21H25.C19H22.C5H5.2ClH.Zr/c1-20(2,3)16-7-9-18-14(12-16)11-15-13-17(21(4,5)6)8-10-19(15)18;1-14(2)18-9-5-16(6-10-18)13-17-7-11-19(12-8-17)15(3)4;1-2-4-5-3-1;;;/h7-10,12H,11H2,1-6H3;5-12,14-15H,1-4H3;1-5H;2*1H;/q-1;;-1;;;+2/p-2. The first kappa shape index (κ1) is 41.7. The number of hydrogen-bond acceptors (Lipinski definition) is 0. The normalized spacial score (nSPS) is 11.6. The van der Waals surface area contributed by atoms with Gasteiger partial charge >= 0.3 is 138 Å². The van der Waals surface area contributed by atoms with Crippen molar-refractivity contribution in [2.75, 3.05) is 0 Å². The van der Waals surface area contributed by atoms with Crippen molar-refractivity contribution in [1.29, 1.82) is 0 Å². The minimum atomic E-state index is 0. The van der Waals surface area contributed by atoms with E-state index in [1.165, 1.54) is 83.1 Å². The van der Waals surface area contributed by atoms with E-state index in [0.29, 0.717) is 11.8 Å². The van der Waals surface area contributed by atoms with Crippen LogP contribution in [0.25, 0.3) is 11.1 Å². The Morgan fingerprint density at radius 3 is 1.52 bits per heavy atom. The number of benzene rings is 4. The Labute approximate surface area is 319 Å². The van der Waals surface area contributed by atoms with E-state index in [1.54, 1.807) is 0 Å². The third kappa shape index (κ3) is 11.0. The number of rotatable bonds is 4. The molecule has 0 aliphatic heterocycles. The quantitative estimate of drug-likeness (QED) is 0.191. The molecule has 1 aliphatic carbocycles. The molecule has 0 saturated heterocycles. The van der Waals surface area contributed by atoms with Gasteiger partial charge in [0, 0.05) is 0 Å². The molecule has 0 bridgehead atoms. The molecule has 0 aromatic heterocycles. The molecular formula is C45H52Cl2Zr-2. The average Bonchev–Trinajstić information content (AvgIpc) is 3.72. The fourth-order valence-corrected chi connectivity index (χ4v) is 6.40. The minimum Gasteiger partial charge on any atom is -1.00 e. The molecule has 48 heavy (non-hydrogen) atoms. The maximum atomic E-state index is 3.67. The van der Waals surface area contributed by atoms with E-state index in [9.17, 15) is 0 Å². The molecule has 1 aliphatic rings. The van der Waals surface area contributed by atoms with Crippen molar-refractivity contribution in [1.82, 2.24) is 0 Å². The van der Waals surface area contributed by atoms with Crippen LogP contribution in [0.4, 0.5) is 0 Å². The number of hydrogen-bond donors (Lipinski definition) is 0. The first-order valence-corrected chi connectivity index (χ1v) is 18.0. The molecule has 3 heteroatoms. The topological polar surface area (TPSA) is 0 Å². The maximum Gasteiger partial charge on any atom is -0.172 e. The van der Waals surface area contributed by atoms with Crippen LogP contribution in [-0.2, 0) is 41.5 Å². The molecular weight excluding hydrogens is 703 g/mol. The Kier molecular flexibility index (Phi) is 15.6. The van der Waals surface area contributed by atoms with Gasteiger partial charge < -0.3 is 24.8 Å². The fraction of sp³-hybridized carbons (Fsp3) is 0.333. The average molecular weight is 755 g/mol. The number of fused-ring (bicyclic) bond motifs is 3. The first-order valence-electron chi connectivity index (χ1n) is 16.8. The van der Waals surface area contributed by atoms with Crippen LogP contribution in [0.1, 0.15) is 126 Å². The van der Waals surface area contributed by atoms with E-state index >= 15 is 0 Å². The van der Waals surface area contributed by atoms with E-state index in [4.69, 9.17) is 0 Å². The molecule has 252 valence electrons. The molecule has 0 unspecified atom stereocenters. The second kappa shape index (κ2) is 18.0. The minimum absolute atomic E-state index is 0. The van der Waals surface area contributed by atoms with Crippen molar-refractivity contribution in [3.63, 3.8) is 0 Å². The zero-order chi connectivity index (χ0) is 33.6. The maximum absolute atomic E-state index is 3.67. The smallest absolute Gasteiger partial charge is 0.172 e. The summed E-state index contributed by atoms with van der Waals surface area (Å²) in [5, 5.41) is 0. The molecule has 0 saturated carbocycles. The van der Waals surface area contributed by atoms with Crippen LogP contribution in [0.15, 0.2) is 109 Å².